The molecule has 0 fully saturated rings. The minimum Gasteiger partial charge on any atom is -0.356 e. The van der Waals surface area contributed by atoms with Gasteiger partial charge in [-0.3, -0.25) is 9.79 Å². The van der Waals surface area contributed by atoms with E-state index in [2.05, 4.69) is 51.6 Å². The molecule has 146 valence electrons. The van der Waals surface area contributed by atoms with Crippen LogP contribution in [0.5, 0.6) is 0 Å². The lowest BCUT2D eigenvalue weighted by atomic mass is 10.1. The zero-order chi connectivity index (χ0) is 19.6. The second kappa shape index (κ2) is 10.7. The van der Waals surface area contributed by atoms with Crippen molar-refractivity contribution < 1.29 is 4.79 Å². The van der Waals surface area contributed by atoms with Gasteiger partial charge < -0.3 is 16.0 Å². The summed E-state index contributed by atoms with van der Waals surface area (Å²) in [6, 6.07) is 10.0. The smallest absolute Gasteiger partial charge is 0.251 e. The van der Waals surface area contributed by atoms with Gasteiger partial charge >= 0.3 is 0 Å². The van der Waals surface area contributed by atoms with Crippen molar-refractivity contribution in [3.05, 3.63) is 57.8 Å². The number of nitrogens with zero attached hydrogens (tertiary/aromatic N) is 1. The van der Waals surface area contributed by atoms with Crippen molar-refractivity contribution in [2.75, 3.05) is 13.6 Å². The molecule has 2 atom stereocenters. The average molecular weight is 387 g/mol. The van der Waals surface area contributed by atoms with E-state index in [9.17, 15) is 4.79 Å². The summed E-state index contributed by atoms with van der Waals surface area (Å²) < 4.78 is 0. The Labute approximate surface area is 166 Å². The number of guanidine groups is 1. The zero-order valence-corrected chi connectivity index (χ0v) is 17.4. The first-order valence-corrected chi connectivity index (χ1v) is 10.3. The van der Waals surface area contributed by atoms with Gasteiger partial charge in [-0.2, -0.15) is 11.3 Å². The maximum absolute atomic E-state index is 12.3. The molecule has 0 aliphatic heterocycles. The minimum atomic E-state index is -0.0294. The summed E-state index contributed by atoms with van der Waals surface area (Å²) in [5, 5.41) is 14.0. The Kier molecular flexibility index (Phi) is 8.33. The summed E-state index contributed by atoms with van der Waals surface area (Å²) in [6.45, 7) is 7.69. The zero-order valence-electron chi connectivity index (χ0n) is 16.6. The number of aliphatic imine (C=N–C) groups is 1. The predicted molar refractivity (Wildman–Crippen MR) is 115 cm³/mol. The molecule has 1 amide bonds. The molecule has 27 heavy (non-hydrogen) atoms. The van der Waals surface area contributed by atoms with Gasteiger partial charge in [-0.1, -0.05) is 26.0 Å². The molecule has 0 saturated carbocycles. The van der Waals surface area contributed by atoms with Crippen LogP contribution in [0.1, 0.15) is 54.6 Å². The van der Waals surface area contributed by atoms with Gasteiger partial charge in [-0.25, -0.2) is 0 Å². The summed E-state index contributed by atoms with van der Waals surface area (Å²) in [5.74, 6) is 1.15. The first-order chi connectivity index (χ1) is 13.0. The molecule has 0 aliphatic carbocycles. The molecule has 2 unspecified atom stereocenters. The maximum Gasteiger partial charge on any atom is 0.251 e. The van der Waals surface area contributed by atoms with Crippen LogP contribution in [0.15, 0.2) is 46.1 Å². The molecule has 5 nitrogen and oxygen atoms in total. The fourth-order valence-corrected chi connectivity index (χ4v) is 3.34. The Morgan fingerprint density at radius 1 is 1.22 bits per heavy atom. The molecule has 1 aromatic heterocycles. The summed E-state index contributed by atoms with van der Waals surface area (Å²) >= 11 is 1.72. The normalized spacial score (nSPS) is 13.7. The third kappa shape index (κ3) is 6.71. The first-order valence-electron chi connectivity index (χ1n) is 9.39. The lowest BCUT2D eigenvalue weighted by molar-refractivity contribution is 0.0939. The quantitative estimate of drug-likeness (QED) is 0.478. The minimum absolute atomic E-state index is 0.0294. The van der Waals surface area contributed by atoms with E-state index in [1.54, 1.807) is 18.4 Å². The fraction of sp³-hybridized carbons (Fsp3) is 0.429. The monoisotopic (exact) mass is 386 g/mol. The summed E-state index contributed by atoms with van der Waals surface area (Å²) in [5.41, 5.74) is 3.06. The summed E-state index contributed by atoms with van der Waals surface area (Å²) in [7, 11) is 1.76. The van der Waals surface area contributed by atoms with E-state index in [1.165, 1.54) is 5.56 Å². The third-order valence-electron chi connectivity index (χ3n) is 4.55. The molecule has 6 heteroatoms. The lowest BCUT2D eigenvalue weighted by Gasteiger charge is -2.16. The number of thiophene rings is 1. The van der Waals surface area contributed by atoms with Crippen molar-refractivity contribution in [1.29, 1.82) is 0 Å². The van der Waals surface area contributed by atoms with Gasteiger partial charge in [0.25, 0.3) is 5.91 Å². The molecule has 2 rings (SSSR count). The van der Waals surface area contributed by atoms with Gasteiger partial charge in [-0.15, -0.1) is 0 Å². The van der Waals surface area contributed by atoms with Crippen molar-refractivity contribution in [1.82, 2.24) is 16.0 Å². The number of hydrogen-bond acceptors (Lipinski definition) is 3. The number of carbonyl (C=O) groups is 1. The Bertz CT molecular complexity index is 742. The molecular weight excluding hydrogens is 356 g/mol. The summed E-state index contributed by atoms with van der Waals surface area (Å²) in [6.07, 6.45) is 0.915. The number of rotatable bonds is 8. The topological polar surface area (TPSA) is 65.5 Å². The van der Waals surface area contributed by atoms with Crippen LogP contribution in [0.25, 0.3) is 0 Å². The fourth-order valence-electron chi connectivity index (χ4n) is 2.56. The Balaban J connectivity index is 1.87. The number of nitrogens with one attached hydrogen (secondary N) is 3. The number of benzene rings is 1. The number of hydrogen-bond donors (Lipinski definition) is 3. The first kappa shape index (κ1) is 21.0. The van der Waals surface area contributed by atoms with E-state index >= 15 is 0 Å². The Morgan fingerprint density at radius 2 is 2.04 bits per heavy atom. The van der Waals surface area contributed by atoms with Crippen LogP contribution in [0, 0.1) is 0 Å². The van der Waals surface area contributed by atoms with E-state index in [-0.39, 0.29) is 11.9 Å². The Hall–Kier alpha value is -2.34. The van der Waals surface area contributed by atoms with Crippen molar-refractivity contribution in [3.8, 4) is 0 Å². The third-order valence-corrected chi connectivity index (χ3v) is 5.25. The highest BCUT2D eigenvalue weighted by Crippen LogP contribution is 2.17. The predicted octanol–water partition coefficient (Wildman–Crippen LogP) is 3.75. The van der Waals surface area contributed by atoms with Gasteiger partial charge in [0.2, 0.25) is 0 Å². The van der Waals surface area contributed by atoms with Gasteiger partial charge in [0.05, 0.1) is 0 Å². The lowest BCUT2D eigenvalue weighted by Crippen LogP contribution is -2.38. The molecule has 2 aromatic rings. The van der Waals surface area contributed by atoms with Crippen molar-refractivity contribution >= 4 is 23.2 Å². The molecular formula is C21H30N4OS. The highest BCUT2D eigenvalue weighted by atomic mass is 32.1. The van der Waals surface area contributed by atoms with Crippen LogP contribution in [0.2, 0.25) is 0 Å². The standard InChI is InChI=1S/C21H30N4OS/c1-5-16(3)25-20(26)18-8-6-7-17(11-18)13-24-21(22-4)23-12-15(2)19-9-10-27-14-19/h6-11,14-16H,5,12-13H2,1-4H3,(H,25,26)(H2,22,23,24). The number of carbonyl (C=O) groups excluding carboxylic acids is 1. The van der Waals surface area contributed by atoms with E-state index in [4.69, 9.17) is 0 Å². The van der Waals surface area contributed by atoms with Crippen molar-refractivity contribution in [2.45, 2.75) is 45.7 Å². The molecule has 0 radical (unpaired) electrons. The molecule has 1 aromatic carbocycles. The molecule has 0 spiro atoms. The van der Waals surface area contributed by atoms with Crippen LogP contribution in [-0.2, 0) is 6.54 Å². The molecule has 0 bridgehead atoms. The molecule has 3 N–H and O–H groups in total. The van der Waals surface area contributed by atoms with E-state index in [1.807, 2.05) is 31.2 Å². The second-order valence-electron chi connectivity index (χ2n) is 6.75. The van der Waals surface area contributed by atoms with E-state index in [0.29, 0.717) is 18.0 Å². The van der Waals surface area contributed by atoms with Crippen LogP contribution in [0.3, 0.4) is 0 Å². The highest BCUT2D eigenvalue weighted by Gasteiger charge is 2.10. The van der Waals surface area contributed by atoms with Gasteiger partial charge in [0.15, 0.2) is 5.96 Å². The largest absolute Gasteiger partial charge is 0.356 e. The van der Waals surface area contributed by atoms with Crippen molar-refractivity contribution in [3.63, 3.8) is 0 Å². The van der Waals surface area contributed by atoms with Gasteiger partial charge in [0.1, 0.15) is 0 Å². The van der Waals surface area contributed by atoms with Crippen LogP contribution in [-0.4, -0.2) is 31.5 Å². The highest BCUT2D eigenvalue weighted by molar-refractivity contribution is 7.07. The van der Waals surface area contributed by atoms with Crippen LogP contribution >= 0.6 is 11.3 Å². The van der Waals surface area contributed by atoms with Gasteiger partial charge in [-0.05, 0) is 59.3 Å². The van der Waals surface area contributed by atoms with Crippen LogP contribution in [0.4, 0.5) is 0 Å². The Morgan fingerprint density at radius 3 is 2.70 bits per heavy atom. The molecule has 0 saturated heterocycles. The summed E-state index contributed by atoms with van der Waals surface area (Å²) in [4.78, 5) is 16.6. The SMILES string of the molecule is CCC(C)NC(=O)c1cccc(CNC(=NC)NCC(C)c2ccsc2)c1. The number of amides is 1. The van der Waals surface area contributed by atoms with E-state index < -0.39 is 0 Å². The van der Waals surface area contributed by atoms with Gasteiger partial charge in [0, 0.05) is 31.7 Å². The average Bonchev–Trinajstić information content (AvgIpc) is 3.23. The van der Waals surface area contributed by atoms with Crippen molar-refractivity contribution in [2.24, 2.45) is 4.99 Å². The second-order valence-corrected chi connectivity index (χ2v) is 7.53. The molecule has 0 aliphatic rings. The molecule has 1 heterocycles. The van der Waals surface area contributed by atoms with E-state index in [0.717, 1.165) is 24.5 Å². The maximum atomic E-state index is 12.3. The van der Waals surface area contributed by atoms with Crippen LogP contribution < -0.4 is 16.0 Å².